The Hall–Kier alpha value is -3.66. The van der Waals surface area contributed by atoms with Crippen LogP contribution in [0.25, 0.3) is 66.4 Å². The molecule has 0 amide bonds. The first-order valence-corrected chi connectivity index (χ1v) is 31.2. The fraction of sp³-hybridized carbons (Fsp3) is 0.208. The molecule has 0 unspecified atom stereocenters. The summed E-state index contributed by atoms with van der Waals surface area (Å²) in [6, 6.07) is 43.4. The molecular formula is C48H48Cl2O2SiZr-2. The molecule has 0 aliphatic rings. The summed E-state index contributed by atoms with van der Waals surface area (Å²) in [6.07, 6.45) is 2.06. The van der Waals surface area contributed by atoms with E-state index in [9.17, 15) is 0 Å². The summed E-state index contributed by atoms with van der Waals surface area (Å²) >= 11 is -1.65. The number of rotatable bonds is 6. The average molecular weight is 847 g/mol. The van der Waals surface area contributed by atoms with Crippen LogP contribution in [0.4, 0.5) is 0 Å². The van der Waals surface area contributed by atoms with Crippen molar-refractivity contribution in [1.82, 2.24) is 0 Å². The monoisotopic (exact) mass is 844 g/mol. The van der Waals surface area contributed by atoms with Gasteiger partial charge in [0.25, 0.3) is 0 Å². The summed E-state index contributed by atoms with van der Waals surface area (Å²) in [4.78, 5) is 0. The standard InChI is InChI=1S/2C23H21O.C2H6Si.2ClH.Zr/c2*1-4-17-10-11-18-13-19(22-12-9-16(3)24-22)14-21(18)23(17)20-8-6-5-7-15(20)2;1-3-2;;;/h2*5-14H,4H2,1-3H3;1-2H3;2*1H;/q2*-1;;;;+2/p-2. The van der Waals surface area contributed by atoms with E-state index in [-0.39, 0.29) is 5.43 Å². The van der Waals surface area contributed by atoms with E-state index in [1.54, 1.807) is 0 Å². The molecule has 54 heavy (non-hydrogen) atoms. The summed E-state index contributed by atoms with van der Waals surface area (Å²) < 4.78 is 11.6. The number of fused-ring (bicyclic) bond motifs is 2. The van der Waals surface area contributed by atoms with Crippen LogP contribution in [-0.4, -0.2) is 5.43 Å². The van der Waals surface area contributed by atoms with E-state index in [0.717, 1.165) is 47.0 Å². The SMILES string of the molecule is CCc1ccc2[cH-]c(-c3ccc(C)o3)cc2c1-c1ccccc1C.CCc1ccc2[cH-]c(-c3ccc(C)o3)cc2c1-c1ccccc1C.C[Si](C)=[Zr]([Cl])[Cl]. The predicted octanol–water partition coefficient (Wildman–Crippen LogP) is 15.5. The molecule has 8 rings (SSSR count). The zero-order valence-corrected chi connectivity index (χ0v) is 37.5. The van der Waals surface area contributed by atoms with Gasteiger partial charge in [-0.25, -0.2) is 0 Å². The van der Waals surface area contributed by atoms with Gasteiger partial charge in [0.05, 0.1) is 23.0 Å². The van der Waals surface area contributed by atoms with Gasteiger partial charge in [0.2, 0.25) is 0 Å². The quantitative estimate of drug-likeness (QED) is 0.123. The molecule has 0 atom stereocenters. The molecule has 0 saturated heterocycles. The molecule has 6 aromatic carbocycles. The third kappa shape index (κ3) is 8.90. The zero-order chi connectivity index (χ0) is 38.5. The number of halogens is 2. The van der Waals surface area contributed by atoms with Gasteiger partial charge in [-0.2, -0.15) is 0 Å². The minimum atomic E-state index is -1.65. The molecule has 0 aliphatic heterocycles. The van der Waals surface area contributed by atoms with Gasteiger partial charge < -0.3 is 8.83 Å². The van der Waals surface area contributed by atoms with Crippen LogP contribution in [0.15, 0.2) is 130 Å². The minimum absolute atomic E-state index is 0.224. The van der Waals surface area contributed by atoms with Gasteiger partial charge in [0, 0.05) is 0 Å². The van der Waals surface area contributed by atoms with Gasteiger partial charge in [-0.1, -0.05) is 96.8 Å². The first-order valence-electron chi connectivity index (χ1n) is 18.7. The van der Waals surface area contributed by atoms with Crippen LogP contribution in [0.1, 0.15) is 47.6 Å². The van der Waals surface area contributed by atoms with Gasteiger partial charge in [0.15, 0.2) is 0 Å². The van der Waals surface area contributed by atoms with Crippen molar-refractivity contribution in [3.63, 3.8) is 0 Å². The molecule has 0 saturated carbocycles. The Labute approximate surface area is 335 Å². The molecule has 0 spiro atoms. The molecular weight excluding hydrogens is 799 g/mol. The second-order valence-electron chi connectivity index (χ2n) is 14.1. The van der Waals surface area contributed by atoms with Crippen LogP contribution < -0.4 is 0 Å². The molecule has 2 aromatic heterocycles. The molecule has 8 aromatic rings. The van der Waals surface area contributed by atoms with Gasteiger partial charge in [-0.3, -0.25) is 0 Å². The van der Waals surface area contributed by atoms with Crippen LogP contribution in [0.2, 0.25) is 13.1 Å². The third-order valence-corrected chi connectivity index (χ3v) is 29.7. The van der Waals surface area contributed by atoms with E-state index in [2.05, 4.69) is 150 Å². The zero-order valence-electron chi connectivity index (χ0n) is 32.5. The molecule has 0 fully saturated rings. The summed E-state index contributed by atoms with van der Waals surface area (Å²) in [5.74, 6) is 3.78. The number of furan rings is 2. The topological polar surface area (TPSA) is 26.3 Å². The van der Waals surface area contributed by atoms with Crippen molar-refractivity contribution < 1.29 is 26.8 Å². The first kappa shape index (κ1) is 40.0. The van der Waals surface area contributed by atoms with E-state index in [0.29, 0.717) is 0 Å². The number of benzene rings is 4. The molecule has 0 aliphatic carbocycles. The average Bonchev–Trinajstić information content (AvgIpc) is 3.98. The van der Waals surface area contributed by atoms with Crippen LogP contribution in [0, 0.1) is 27.7 Å². The number of hydrogen-bond acceptors (Lipinski definition) is 2. The fourth-order valence-electron chi connectivity index (χ4n) is 7.05. The maximum absolute atomic E-state index is 5.82. The summed E-state index contributed by atoms with van der Waals surface area (Å²) in [7, 11) is 11.2. The van der Waals surface area contributed by atoms with Crippen LogP contribution in [0.3, 0.4) is 0 Å². The van der Waals surface area contributed by atoms with E-state index >= 15 is 0 Å². The van der Waals surface area contributed by atoms with E-state index in [1.165, 1.54) is 66.1 Å². The Morgan fingerprint density at radius 3 is 1.26 bits per heavy atom. The van der Waals surface area contributed by atoms with Gasteiger partial charge in [0.1, 0.15) is 0 Å². The summed E-state index contributed by atoms with van der Waals surface area (Å²) in [5, 5.41) is 5.17. The second kappa shape index (κ2) is 17.9. The van der Waals surface area contributed by atoms with Crippen LogP contribution in [0.5, 0.6) is 0 Å². The van der Waals surface area contributed by atoms with Crippen molar-refractivity contribution in [2.75, 3.05) is 0 Å². The Bertz CT molecular complexity index is 2390. The molecule has 6 heteroatoms. The Morgan fingerprint density at radius 2 is 0.944 bits per heavy atom. The van der Waals surface area contributed by atoms with E-state index in [1.807, 2.05) is 26.0 Å². The molecule has 0 radical (unpaired) electrons. The van der Waals surface area contributed by atoms with Crippen LogP contribution >= 0.6 is 17.0 Å². The Morgan fingerprint density at radius 1 is 0.556 bits per heavy atom. The summed E-state index contributed by atoms with van der Waals surface area (Å²) in [6.45, 7) is 17.1. The van der Waals surface area contributed by atoms with Gasteiger partial charge in [-0.05, 0) is 98.2 Å². The van der Waals surface area contributed by atoms with Gasteiger partial charge in [-0.15, -0.1) is 57.9 Å². The molecule has 2 heterocycles. The number of aryl methyl sites for hydroxylation is 6. The molecule has 2 nitrogen and oxygen atoms in total. The van der Waals surface area contributed by atoms with Crippen molar-refractivity contribution in [3.8, 4) is 44.9 Å². The van der Waals surface area contributed by atoms with Crippen molar-refractivity contribution in [2.45, 2.75) is 67.5 Å². The van der Waals surface area contributed by atoms with Crippen molar-refractivity contribution >= 4 is 44.0 Å². The Balaban J connectivity index is 0.000000160. The maximum atomic E-state index is 5.82. The first-order chi connectivity index (χ1) is 26.0. The fourth-order valence-corrected chi connectivity index (χ4v) is 7.05. The Kier molecular flexibility index (Phi) is 13.2. The third-order valence-electron chi connectivity index (χ3n) is 9.97. The predicted molar refractivity (Wildman–Crippen MR) is 232 cm³/mol. The van der Waals surface area contributed by atoms with E-state index < -0.39 is 18.0 Å². The normalized spacial score (nSPS) is 10.9. The van der Waals surface area contributed by atoms with Crippen molar-refractivity contribution in [2.24, 2.45) is 0 Å². The molecule has 0 N–H and O–H groups in total. The molecule has 0 bridgehead atoms. The van der Waals surface area contributed by atoms with E-state index in [4.69, 9.17) is 25.9 Å². The second-order valence-corrected chi connectivity index (χ2v) is 37.1. The van der Waals surface area contributed by atoms with Crippen molar-refractivity contribution in [3.05, 3.63) is 155 Å². The summed E-state index contributed by atoms with van der Waals surface area (Å²) in [5.41, 5.74) is 12.9. The molecule has 276 valence electrons. The van der Waals surface area contributed by atoms with Gasteiger partial charge >= 0.3 is 53.5 Å². The van der Waals surface area contributed by atoms with Crippen LogP contribution in [-0.2, 0) is 30.8 Å². The number of hydrogen-bond donors (Lipinski definition) is 0. The van der Waals surface area contributed by atoms with Crippen molar-refractivity contribution in [1.29, 1.82) is 0 Å².